The van der Waals surface area contributed by atoms with E-state index in [-0.39, 0.29) is 23.9 Å². The minimum atomic E-state index is -0.293. The van der Waals surface area contributed by atoms with Crippen LogP contribution in [0.25, 0.3) is 0 Å². The molecule has 2 saturated heterocycles. The van der Waals surface area contributed by atoms with E-state index < -0.39 is 0 Å². The van der Waals surface area contributed by atoms with Crippen LogP contribution in [0.4, 0.5) is 0 Å². The number of carbonyl (C=O) groups is 1. The zero-order valence-electron chi connectivity index (χ0n) is 13.0. The van der Waals surface area contributed by atoms with E-state index >= 15 is 0 Å². The van der Waals surface area contributed by atoms with Crippen LogP contribution >= 0.6 is 0 Å². The van der Waals surface area contributed by atoms with Gasteiger partial charge in [0.2, 0.25) is 5.91 Å². The second-order valence-corrected chi connectivity index (χ2v) is 6.56. The molecule has 0 aromatic heterocycles. The molecular formula is C17H24N2O3. The third-order valence-corrected chi connectivity index (χ3v) is 4.83. The minimum absolute atomic E-state index is 0.0181. The van der Waals surface area contributed by atoms with Crippen LogP contribution in [-0.2, 0) is 16.1 Å². The Balaban J connectivity index is 1.71. The van der Waals surface area contributed by atoms with Crippen molar-refractivity contribution in [3.8, 4) is 5.75 Å². The lowest BCUT2D eigenvalue weighted by atomic mass is 9.82. The van der Waals surface area contributed by atoms with Gasteiger partial charge in [0.05, 0.1) is 12.1 Å². The third-order valence-electron chi connectivity index (χ3n) is 4.83. The quantitative estimate of drug-likeness (QED) is 0.888. The molecule has 2 heterocycles. The second kappa shape index (κ2) is 6.26. The van der Waals surface area contributed by atoms with Crippen molar-refractivity contribution in [3.05, 3.63) is 29.8 Å². The van der Waals surface area contributed by atoms with Gasteiger partial charge in [0.1, 0.15) is 12.4 Å². The summed E-state index contributed by atoms with van der Waals surface area (Å²) in [5.41, 5.74) is 0.650. The summed E-state index contributed by atoms with van der Waals surface area (Å²) in [4.78, 5) is 14.0. The Morgan fingerprint density at radius 2 is 2.36 bits per heavy atom. The van der Waals surface area contributed by atoms with Gasteiger partial charge in [0, 0.05) is 19.0 Å². The molecule has 1 amide bonds. The second-order valence-electron chi connectivity index (χ2n) is 6.56. The molecule has 1 aromatic rings. The molecule has 120 valence electrons. The monoisotopic (exact) mass is 304 g/mol. The van der Waals surface area contributed by atoms with E-state index in [4.69, 9.17) is 4.74 Å². The summed E-state index contributed by atoms with van der Waals surface area (Å²) in [6.45, 7) is 5.40. The molecule has 2 N–H and O–H groups in total. The standard InChI is InChI=1S/C17H24N2O3/c1-17(14-5-3-7-18-9-14)12-19(16(21)11-22-17)10-13-4-2-6-15(20)8-13/h2,4,6,8,14,18,20H,3,5,7,9-12H2,1H3. The Kier molecular flexibility index (Phi) is 4.36. The lowest BCUT2D eigenvalue weighted by Gasteiger charge is -2.46. The molecule has 22 heavy (non-hydrogen) atoms. The van der Waals surface area contributed by atoms with Crippen molar-refractivity contribution in [2.24, 2.45) is 5.92 Å². The summed E-state index contributed by atoms with van der Waals surface area (Å²) in [7, 11) is 0. The first-order chi connectivity index (χ1) is 10.6. The summed E-state index contributed by atoms with van der Waals surface area (Å²) in [5, 5.41) is 13.0. The molecule has 2 atom stereocenters. The fourth-order valence-electron chi connectivity index (χ4n) is 3.47. The van der Waals surface area contributed by atoms with E-state index in [0.29, 0.717) is 19.0 Å². The summed E-state index contributed by atoms with van der Waals surface area (Å²) >= 11 is 0. The van der Waals surface area contributed by atoms with Crippen LogP contribution in [0.1, 0.15) is 25.3 Å². The average molecular weight is 304 g/mol. The van der Waals surface area contributed by atoms with Crippen molar-refractivity contribution in [3.63, 3.8) is 0 Å². The van der Waals surface area contributed by atoms with Crippen LogP contribution in [0, 0.1) is 5.92 Å². The number of aromatic hydroxyl groups is 1. The van der Waals surface area contributed by atoms with Crippen LogP contribution < -0.4 is 5.32 Å². The molecule has 2 unspecified atom stereocenters. The minimum Gasteiger partial charge on any atom is -0.508 e. The van der Waals surface area contributed by atoms with E-state index in [1.807, 2.05) is 11.0 Å². The first kappa shape index (κ1) is 15.3. The number of phenolic OH excluding ortho intramolecular Hbond substituents is 1. The molecule has 2 aliphatic rings. The summed E-state index contributed by atoms with van der Waals surface area (Å²) in [5.74, 6) is 0.683. The first-order valence-electron chi connectivity index (χ1n) is 7.97. The van der Waals surface area contributed by atoms with Crippen molar-refractivity contribution in [2.75, 3.05) is 26.2 Å². The summed E-state index contributed by atoms with van der Waals surface area (Å²) in [6.07, 6.45) is 2.29. The maximum absolute atomic E-state index is 12.2. The number of carbonyl (C=O) groups excluding carboxylic acids is 1. The summed E-state index contributed by atoms with van der Waals surface area (Å²) < 4.78 is 5.93. The van der Waals surface area contributed by atoms with Gasteiger partial charge in [-0.25, -0.2) is 0 Å². The highest BCUT2D eigenvalue weighted by Gasteiger charge is 2.42. The number of phenols is 1. The van der Waals surface area contributed by atoms with Crippen LogP contribution in [0.3, 0.4) is 0 Å². The number of rotatable bonds is 3. The molecule has 0 saturated carbocycles. The van der Waals surface area contributed by atoms with E-state index in [2.05, 4.69) is 12.2 Å². The van der Waals surface area contributed by atoms with Gasteiger partial charge in [-0.3, -0.25) is 4.79 Å². The molecular weight excluding hydrogens is 280 g/mol. The van der Waals surface area contributed by atoms with Crippen molar-refractivity contribution in [1.29, 1.82) is 0 Å². The molecule has 2 aliphatic heterocycles. The summed E-state index contributed by atoms with van der Waals surface area (Å²) in [6, 6.07) is 7.09. The Labute approximate surface area is 131 Å². The third kappa shape index (κ3) is 3.25. The van der Waals surface area contributed by atoms with Crippen LogP contribution in [0.15, 0.2) is 24.3 Å². The van der Waals surface area contributed by atoms with Crippen LogP contribution in [-0.4, -0.2) is 47.8 Å². The Hall–Kier alpha value is -1.59. The molecule has 0 spiro atoms. The molecule has 0 radical (unpaired) electrons. The molecule has 2 fully saturated rings. The molecule has 5 heteroatoms. The molecule has 3 rings (SSSR count). The first-order valence-corrected chi connectivity index (χ1v) is 7.97. The molecule has 5 nitrogen and oxygen atoms in total. The zero-order chi connectivity index (χ0) is 15.6. The fourth-order valence-corrected chi connectivity index (χ4v) is 3.47. The molecule has 0 bridgehead atoms. The van der Waals surface area contributed by atoms with Gasteiger partial charge in [-0.15, -0.1) is 0 Å². The van der Waals surface area contributed by atoms with Crippen molar-refractivity contribution >= 4 is 5.91 Å². The number of benzene rings is 1. The predicted octanol–water partition coefficient (Wildman–Crippen LogP) is 1.51. The highest BCUT2D eigenvalue weighted by atomic mass is 16.5. The molecule has 1 aromatic carbocycles. The van der Waals surface area contributed by atoms with Crippen LogP contribution in [0.2, 0.25) is 0 Å². The number of morpholine rings is 1. The van der Waals surface area contributed by atoms with Crippen LogP contribution in [0.5, 0.6) is 5.75 Å². The van der Waals surface area contributed by atoms with Gasteiger partial charge >= 0.3 is 0 Å². The Morgan fingerprint density at radius 1 is 1.50 bits per heavy atom. The fraction of sp³-hybridized carbons (Fsp3) is 0.588. The number of piperidine rings is 1. The Bertz CT molecular complexity index is 542. The highest BCUT2D eigenvalue weighted by molar-refractivity contribution is 5.78. The lowest BCUT2D eigenvalue weighted by Crippen LogP contribution is -2.58. The van der Waals surface area contributed by atoms with Gasteiger partial charge in [-0.2, -0.15) is 0 Å². The van der Waals surface area contributed by atoms with Crippen molar-refractivity contribution in [2.45, 2.75) is 31.9 Å². The number of hydrogen-bond donors (Lipinski definition) is 2. The van der Waals surface area contributed by atoms with Crippen molar-refractivity contribution in [1.82, 2.24) is 10.2 Å². The highest BCUT2D eigenvalue weighted by Crippen LogP contribution is 2.32. The average Bonchev–Trinajstić information content (AvgIpc) is 2.52. The van der Waals surface area contributed by atoms with Gasteiger partial charge in [-0.05, 0) is 44.0 Å². The van der Waals surface area contributed by atoms with E-state index in [1.165, 1.54) is 0 Å². The topological polar surface area (TPSA) is 61.8 Å². The SMILES string of the molecule is CC1(C2CCCNC2)CN(Cc2cccc(O)c2)C(=O)CO1. The van der Waals surface area contributed by atoms with E-state index in [9.17, 15) is 9.90 Å². The van der Waals surface area contributed by atoms with Gasteiger partial charge < -0.3 is 20.1 Å². The van der Waals surface area contributed by atoms with Gasteiger partial charge in [0.15, 0.2) is 0 Å². The van der Waals surface area contributed by atoms with E-state index in [0.717, 1.165) is 31.5 Å². The zero-order valence-corrected chi connectivity index (χ0v) is 13.0. The number of amides is 1. The molecule has 0 aliphatic carbocycles. The number of ether oxygens (including phenoxy) is 1. The van der Waals surface area contributed by atoms with Gasteiger partial charge in [0.25, 0.3) is 0 Å². The lowest BCUT2D eigenvalue weighted by molar-refractivity contribution is -0.172. The largest absolute Gasteiger partial charge is 0.508 e. The maximum atomic E-state index is 12.2. The Morgan fingerprint density at radius 3 is 3.09 bits per heavy atom. The van der Waals surface area contributed by atoms with Gasteiger partial charge in [-0.1, -0.05) is 12.1 Å². The van der Waals surface area contributed by atoms with E-state index in [1.54, 1.807) is 18.2 Å². The predicted molar refractivity (Wildman–Crippen MR) is 83.5 cm³/mol. The number of hydrogen-bond acceptors (Lipinski definition) is 4. The smallest absolute Gasteiger partial charge is 0.248 e. The normalized spacial score (nSPS) is 29.6. The maximum Gasteiger partial charge on any atom is 0.248 e. The van der Waals surface area contributed by atoms with Crippen molar-refractivity contribution < 1.29 is 14.6 Å². The number of nitrogens with one attached hydrogen (secondary N) is 1. The number of nitrogens with zero attached hydrogens (tertiary/aromatic N) is 1.